The normalized spacial score (nSPS) is 15.0. The average Bonchev–Trinajstić information content (AvgIpc) is 3.21. The lowest BCUT2D eigenvalue weighted by molar-refractivity contribution is -0.121. The van der Waals surface area contributed by atoms with Crippen molar-refractivity contribution in [2.45, 2.75) is 63.8 Å². The molecule has 0 aliphatic carbocycles. The van der Waals surface area contributed by atoms with Gasteiger partial charge in [-0.05, 0) is 30.5 Å². The zero-order chi connectivity index (χ0) is 27.0. The number of aliphatic hydroxyl groups excluding tert-OH is 2. The van der Waals surface area contributed by atoms with Crippen molar-refractivity contribution in [2.75, 3.05) is 11.0 Å². The summed E-state index contributed by atoms with van der Waals surface area (Å²) in [5, 5.41) is 28.2. The van der Waals surface area contributed by atoms with Crippen molar-refractivity contribution in [3.8, 4) is 0 Å². The molecule has 14 heteroatoms. The molecule has 0 aliphatic rings. The Hall–Kier alpha value is -2.68. The second-order valence-electron chi connectivity index (χ2n) is 8.40. The molecule has 2 rings (SSSR count). The Balaban J connectivity index is 2.32. The molecule has 0 fully saturated rings. The lowest BCUT2D eigenvalue weighted by Crippen LogP contribution is -2.56. The highest BCUT2D eigenvalue weighted by atomic mass is 32.2. The zero-order valence-corrected chi connectivity index (χ0v) is 21.6. The predicted molar refractivity (Wildman–Crippen MR) is 131 cm³/mol. The Bertz CT molecular complexity index is 1140. The fraction of sp³-hybridized carbons (Fsp3) is 0.500. The van der Waals surface area contributed by atoms with E-state index in [-0.39, 0.29) is 22.8 Å². The summed E-state index contributed by atoms with van der Waals surface area (Å²) < 4.78 is 52.5. The van der Waals surface area contributed by atoms with E-state index in [2.05, 4.69) is 20.3 Å². The number of aromatic nitrogens is 1. The summed E-state index contributed by atoms with van der Waals surface area (Å²) in [5.74, 6) is -2.96. The van der Waals surface area contributed by atoms with Crippen molar-refractivity contribution in [2.24, 2.45) is 0 Å². The van der Waals surface area contributed by atoms with Gasteiger partial charge in [-0.1, -0.05) is 19.8 Å². The molecule has 1 aromatic heterocycles. The van der Waals surface area contributed by atoms with Crippen LogP contribution in [-0.2, 0) is 21.2 Å². The van der Waals surface area contributed by atoms with Crippen molar-refractivity contribution in [1.82, 2.24) is 15.6 Å². The largest absolute Gasteiger partial charge is 0.388 e. The lowest BCUT2D eigenvalue weighted by Gasteiger charge is -2.32. The van der Waals surface area contributed by atoms with Gasteiger partial charge in [-0.3, -0.25) is 14.3 Å². The fourth-order valence-electron chi connectivity index (χ4n) is 3.56. The number of hydrogen-bond acceptors (Lipinski definition) is 8. The third kappa shape index (κ3) is 9.41. The highest BCUT2D eigenvalue weighted by molar-refractivity contribution is 7.92. The number of rotatable bonds is 13. The van der Waals surface area contributed by atoms with E-state index in [0.717, 1.165) is 36.1 Å². The standard InChI is InChI=1S/C22H30F2N4O6S2/c1-4-5-6-16(25-12(2)29)19(30)20(31)17(9-13-7-14(23)10-15(24)8-13)26-21(32)18-11-35-22(27-18)28-36(3,33)34/h7-8,10-11,16-17,19-20,30-31H,4-6,9H2,1-3H3,(H,25,29)(H,26,32)(H,27,28)/t16-,17+,19-,20-/m1/s1. The van der Waals surface area contributed by atoms with E-state index in [1.165, 1.54) is 12.3 Å². The first kappa shape index (κ1) is 29.5. The van der Waals surface area contributed by atoms with Gasteiger partial charge in [0.25, 0.3) is 5.91 Å². The first-order valence-corrected chi connectivity index (χ1v) is 13.9. The molecule has 0 unspecified atom stereocenters. The Labute approximate surface area is 212 Å². The fourth-order valence-corrected chi connectivity index (χ4v) is 5.10. The minimum atomic E-state index is -3.63. The lowest BCUT2D eigenvalue weighted by atomic mass is 9.91. The molecule has 0 radical (unpaired) electrons. The highest BCUT2D eigenvalue weighted by Gasteiger charge is 2.34. The maximum atomic E-state index is 13.8. The average molecular weight is 549 g/mol. The molecule has 0 spiro atoms. The molecule has 36 heavy (non-hydrogen) atoms. The number of sulfonamides is 1. The summed E-state index contributed by atoms with van der Waals surface area (Å²) in [6.07, 6.45) is -0.785. The number of amides is 2. The number of benzene rings is 1. The molecule has 10 nitrogen and oxygen atoms in total. The Morgan fingerprint density at radius 1 is 1.08 bits per heavy atom. The van der Waals surface area contributed by atoms with Gasteiger partial charge in [-0.2, -0.15) is 0 Å². The molecule has 1 heterocycles. The third-order valence-corrected chi connectivity index (χ3v) is 6.59. The SMILES string of the molecule is CCCC[C@@H](NC(C)=O)[C@@H](O)[C@H](O)[C@H](Cc1cc(F)cc(F)c1)NC(=O)c1csc(NS(C)(=O)=O)n1. The number of unbranched alkanes of at least 4 members (excludes halogenated alkanes) is 1. The van der Waals surface area contributed by atoms with Gasteiger partial charge in [0, 0.05) is 18.4 Å². The molecule has 2 aromatic rings. The van der Waals surface area contributed by atoms with Gasteiger partial charge in [0.2, 0.25) is 15.9 Å². The number of nitrogens with zero attached hydrogens (tertiary/aromatic N) is 1. The van der Waals surface area contributed by atoms with E-state index in [0.29, 0.717) is 18.9 Å². The van der Waals surface area contributed by atoms with Crippen LogP contribution < -0.4 is 15.4 Å². The zero-order valence-electron chi connectivity index (χ0n) is 20.0. The Morgan fingerprint density at radius 2 is 1.69 bits per heavy atom. The van der Waals surface area contributed by atoms with Crippen molar-refractivity contribution in [3.05, 3.63) is 46.5 Å². The smallest absolute Gasteiger partial charge is 0.271 e. The number of halogens is 2. The first-order chi connectivity index (χ1) is 16.8. The Kier molecular flexibility index (Phi) is 10.7. The second kappa shape index (κ2) is 13.0. The van der Waals surface area contributed by atoms with Crippen LogP contribution in [0.2, 0.25) is 0 Å². The van der Waals surface area contributed by atoms with Crippen molar-refractivity contribution < 1.29 is 37.0 Å². The van der Waals surface area contributed by atoms with E-state index >= 15 is 0 Å². The number of hydrogen-bond donors (Lipinski definition) is 5. The molecule has 0 saturated carbocycles. The second-order valence-corrected chi connectivity index (χ2v) is 11.0. The van der Waals surface area contributed by atoms with Crippen LogP contribution in [-0.4, -0.2) is 66.0 Å². The van der Waals surface area contributed by atoms with Crippen LogP contribution in [0.3, 0.4) is 0 Å². The molecule has 5 N–H and O–H groups in total. The highest BCUT2D eigenvalue weighted by Crippen LogP contribution is 2.19. The molecule has 0 aliphatic heterocycles. The summed E-state index contributed by atoms with van der Waals surface area (Å²) in [6, 6.07) is 0.637. The minimum absolute atomic E-state index is 0.0581. The van der Waals surface area contributed by atoms with Gasteiger partial charge >= 0.3 is 0 Å². The van der Waals surface area contributed by atoms with E-state index in [9.17, 15) is 37.0 Å². The molecule has 0 bridgehead atoms. The topological polar surface area (TPSA) is 158 Å². The minimum Gasteiger partial charge on any atom is -0.388 e. The van der Waals surface area contributed by atoms with Gasteiger partial charge in [0.15, 0.2) is 5.13 Å². The summed E-state index contributed by atoms with van der Waals surface area (Å²) in [7, 11) is -3.63. The molecule has 200 valence electrons. The van der Waals surface area contributed by atoms with Crippen LogP contribution in [0.5, 0.6) is 0 Å². The molecule has 4 atom stereocenters. The number of nitrogens with one attached hydrogen (secondary N) is 3. The monoisotopic (exact) mass is 548 g/mol. The summed E-state index contributed by atoms with van der Waals surface area (Å²) in [4.78, 5) is 28.4. The van der Waals surface area contributed by atoms with E-state index in [1.54, 1.807) is 0 Å². The summed E-state index contributed by atoms with van der Waals surface area (Å²) >= 11 is 0.854. The predicted octanol–water partition coefficient (Wildman–Crippen LogP) is 1.55. The van der Waals surface area contributed by atoms with Crippen molar-refractivity contribution in [1.29, 1.82) is 0 Å². The summed E-state index contributed by atoms with van der Waals surface area (Å²) in [6.45, 7) is 3.17. The van der Waals surface area contributed by atoms with Gasteiger partial charge in [-0.25, -0.2) is 22.2 Å². The van der Waals surface area contributed by atoms with Gasteiger partial charge in [0.1, 0.15) is 29.5 Å². The molecule has 0 saturated heterocycles. The number of carbonyl (C=O) groups excluding carboxylic acids is 2. The van der Waals surface area contributed by atoms with Crippen molar-refractivity contribution in [3.63, 3.8) is 0 Å². The Morgan fingerprint density at radius 3 is 2.25 bits per heavy atom. The van der Waals surface area contributed by atoms with E-state index < -0.39 is 57.8 Å². The van der Waals surface area contributed by atoms with Crippen LogP contribution >= 0.6 is 11.3 Å². The number of carbonyl (C=O) groups is 2. The molecular formula is C22H30F2N4O6S2. The number of anilines is 1. The van der Waals surface area contributed by atoms with Crippen LogP contribution in [0, 0.1) is 11.6 Å². The molecular weight excluding hydrogens is 518 g/mol. The maximum Gasteiger partial charge on any atom is 0.271 e. The number of thiazole rings is 1. The van der Waals surface area contributed by atoms with Gasteiger partial charge < -0.3 is 20.8 Å². The first-order valence-electron chi connectivity index (χ1n) is 11.1. The summed E-state index contributed by atoms with van der Waals surface area (Å²) in [5.41, 5.74) is -0.0703. The van der Waals surface area contributed by atoms with Crippen molar-refractivity contribution >= 4 is 38.3 Å². The molecule has 2 amide bonds. The van der Waals surface area contributed by atoms with Crippen LogP contribution in [0.4, 0.5) is 13.9 Å². The van der Waals surface area contributed by atoms with Crippen LogP contribution in [0.25, 0.3) is 0 Å². The number of aliphatic hydroxyl groups is 2. The van der Waals surface area contributed by atoms with Gasteiger partial charge in [0.05, 0.1) is 18.3 Å². The van der Waals surface area contributed by atoms with Crippen LogP contribution in [0.15, 0.2) is 23.6 Å². The van der Waals surface area contributed by atoms with E-state index in [4.69, 9.17) is 0 Å². The quantitative estimate of drug-likeness (QED) is 0.254. The maximum absolute atomic E-state index is 13.8. The third-order valence-electron chi connectivity index (χ3n) is 5.14. The van der Waals surface area contributed by atoms with Crippen LogP contribution in [0.1, 0.15) is 49.2 Å². The molecule has 1 aromatic carbocycles. The van der Waals surface area contributed by atoms with Gasteiger partial charge in [-0.15, -0.1) is 11.3 Å². The van der Waals surface area contributed by atoms with E-state index in [1.807, 2.05) is 6.92 Å².